The number of benzene rings is 4. The first-order valence-corrected chi connectivity index (χ1v) is 17.3. The molecule has 0 aliphatic heterocycles. The van der Waals surface area contributed by atoms with Crippen molar-refractivity contribution < 1.29 is 17.9 Å². The molecule has 4 aromatic rings. The maximum atomic E-state index is 13.7. The van der Waals surface area contributed by atoms with E-state index in [4.69, 9.17) is 4.74 Å². The van der Waals surface area contributed by atoms with Crippen molar-refractivity contribution in [2.75, 3.05) is 5.75 Å². The summed E-state index contributed by atoms with van der Waals surface area (Å²) < 4.78 is 35.6. The Morgan fingerprint density at radius 3 is 2.02 bits per heavy atom. The summed E-state index contributed by atoms with van der Waals surface area (Å²) in [6.45, 7) is 8.35. The van der Waals surface area contributed by atoms with Crippen LogP contribution < -0.4 is 4.46 Å². The van der Waals surface area contributed by atoms with Crippen LogP contribution in [0.4, 0.5) is 0 Å². The molecule has 0 amide bonds. The molecular formula is C33H33BrO4SSe. The SMILES string of the molecule is Cc1ccc(S(=O)(=O)C[C@H]([Se]c2ccccc2)[C@@H](OC(=O)c2ccc(Br)cc2)c2ccc(C(C)(C)C)cc2)cc1. The standard InChI is InChI=1S/C33H33BrO4SSe/c1-23-10-20-28(21-11-23)39(36,37)22-30(40-29-8-6-5-7-9-29)31(24-12-16-26(17-13-24)33(2,3)4)38-32(35)25-14-18-27(34)19-15-25/h5-21,30-31H,22H2,1-4H3/t30-,31-/m0/s1. The molecule has 0 spiro atoms. The molecular weight excluding hydrogens is 651 g/mol. The van der Waals surface area contributed by atoms with Crippen molar-refractivity contribution in [3.63, 3.8) is 0 Å². The molecule has 0 heterocycles. The van der Waals surface area contributed by atoms with Crippen LogP contribution in [0.2, 0.25) is 4.82 Å². The fourth-order valence-electron chi connectivity index (χ4n) is 4.22. The molecule has 0 saturated carbocycles. The molecule has 40 heavy (non-hydrogen) atoms. The van der Waals surface area contributed by atoms with Crippen LogP contribution in [0.1, 0.15) is 53.9 Å². The summed E-state index contributed by atoms with van der Waals surface area (Å²) in [6.07, 6.45) is -0.759. The summed E-state index contributed by atoms with van der Waals surface area (Å²) >= 11 is 3.10. The quantitative estimate of drug-likeness (QED) is 0.138. The van der Waals surface area contributed by atoms with Crippen LogP contribution >= 0.6 is 15.9 Å². The van der Waals surface area contributed by atoms with Crippen molar-refractivity contribution >= 4 is 51.2 Å². The number of esters is 1. The third-order valence-corrected chi connectivity index (χ3v) is 12.0. The molecule has 0 bridgehead atoms. The van der Waals surface area contributed by atoms with E-state index in [-0.39, 0.29) is 31.0 Å². The molecule has 0 unspecified atom stereocenters. The van der Waals surface area contributed by atoms with Crippen LogP contribution in [0.5, 0.6) is 0 Å². The average molecular weight is 685 g/mol. The second-order valence-electron chi connectivity index (χ2n) is 10.8. The van der Waals surface area contributed by atoms with Crippen molar-refractivity contribution in [1.82, 2.24) is 0 Å². The predicted octanol–water partition coefficient (Wildman–Crippen LogP) is 7.25. The van der Waals surface area contributed by atoms with E-state index in [2.05, 4.69) is 36.7 Å². The van der Waals surface area contributed by atoms with Gasteiger partial charge in [-0.1, -0.05) is 0 Å². The molecule has 0 fully saturated rings. The molecule has 7 heteroatoms. The van der Waals surface area contributed by atoms with Crippen LogP contribution in [-0.4, -0.2) is 35.1 Å². The van der Waals surface area contributed by atoms with Gasteiger partial charge >= 0.3 is 254 Å². The summed E-state index contributed by atoms with van der Waals surface area (Å²) in [7, 11) is -3.67. The number of hydrogen-bond donors (Lipinski definition) is 0. The fraction of sp³-hybridized carbons (Fsp3) is 0.242. The normalized spacial score (nSPS) is 13.4. The van der Waals surface area contributed by atoms with Crippen molar-refractivity contribution in [3.05, 3.63) is 130 Å². The van der Waals surface area contributed by atoms with Gasteiger partial charge in [-0.15, -0.1) is 0 Å². The first-order chi connectivity index (χ1) is 18.9. The van der Waals surface area contributed by atoms with E-state index in [1.807, 2.05) is 61.5 Å². The third-order valence-electron chi connectivity index (χ3n) is 6.55. The first kappa shape index (κ1) is 30.3. The first-order valence-electron chi connectivity index (χ1n) is 13.0. The summed E-state index contributed by atoms with van der Waals surface area (Å²) in [5.41, 5.74) is 3.27. The Bertz CT molecular complexity index is 1530. The molecule has 4 aromatic carbocycles. The maximum absolute atomic E-state index is 13.7. The van der Waals surface area contributed by atoms with Gasteiger partial charge in [-0.3, -0.25) is 0 Å². The van der Waals surface area contributed by atoms with Crippen molar-refractivity contribution in [1.29, 1.82) is 0 Å². The molecule has 4 rings (SSSR count). The van der Waals surface area contributed by atoms with Crippen LogP contribution in [0.25, 0.3) is 0 Å². The number of carbonyl (C=O) groups excluding carboxylic acids is 1. The van der Waals surface area contributed by atoms with Crippen LogP contribution in [0.15, 0.2) is 112 Å². The van der Waals surface area contributed by atoms with Gasteiger partial charge in [0.1, 0.15) is 0 Å². The average Bonchev–Trinajstić information content (AvgIpc) is 2.92. The topological polar surface area (TPSA) is 60.4 Å². The van der Waals surface area contributed by atoms with E-state index in [1.54, 1.807) is 48.5 Å². The number of carbonyl (C=O) groups is 1. The number of halogens is 1. The molecule has 208 valence electrons. The summed E-state index contributed by atoms with van der Waals surface area (Å²) in [6, 6.07) is 31.7. The molecule has 0 aliphatic rings. The molecule has 0 N–H and O–H groups in total. The van der Waals surface area contributed by atoms with Crippen molar-refractivity contribution in [2.45, 2.75) is 48.9 Å². The predicted molar refractivity (Wildman–Crippen MR) is 166 cm³/mol. The third kappa shape index (κ3) is 7.94. The Labute approximate surface area is 252 Å². The van der Waals surface area contributed by atoms with Gasteiger partial charge in [0.05, 0.1) is 0 Å². The second kappa shape index (κ2) is 12.9. The summed E-state index contributed by atoms with van der Waals surface area (Å²) in [4.78, 5) is 13.2. The summed E-state index contributed by atoms with van der Waals surface area (Å²) in [5, 5.41) is 0. The van der Waals surface area contributed by atoms with E-state index in [9.17, 15) is 13.2 Å². The zero-order chi connectivity index (χ0) is 28.9. The van der Waals surface area contributed by atoms with E-state index < -0.39 is 26.7 Å². The Morgan fingerprint density at radius 2 is 1.45 bits per heavy atom. The minimum atomic E-state index is -3.67. The van der Waals surface area contributed by atoms with E-state index >= 15 is 0 Å². The van der Waals surface area contributed by atoms with Gasteiger partial charge in [0.2, 0.25) is 0 Å². The number of rotatable bonds is 9. The van der Waals surface area contributed by atoms with Crippen molar-refractivity contribution in [3.8, 4) is 0 Å². The van der Waals surface area contributed by atoms with E-state index in [1.165, 1.54) is 0 Å². The van der Waals surface area contributed by atoms with Gasteiger partial charge in [-0.25, -0.2) is 0 Å². The molecule has 0 aliphatic carbocycles. The zero-order valence-corrected chi connectivity index (χ0v) is 27.1. The molecule has 0 aromatic heterocycles. The van der Waals surface area contributed by atoms with Gasteiger partial charge in [0.25, 0.3) is 0 Å². The van der Waals surface area contributed by atoms with Crippen molar-refractivity contribution in [2.24, 2.45) is 0 Å². The Hall–Kier alpha value is -2.70. The van der Waals surface area contributed by atoms with E-state index in [0.29, 0.717) is 5.56 Å². The Balaban J connectivity index is 1.78. The number of hydrogen-bond acceptors (Lipinski definition) is 4. The van der Waals surface area contributed by atoms with Gasteiger partial charge in [0, 0.05) is 0 Å². The van der Waals surface area contributed by atoms with Gasteiger partial charge < -0.3 is 0 Å². The zero-order valence-electron chi connectivity index (χ0n) is 23.0. The monoisotopic (exact) mass is 684 g/mol. The molecule has 0 saturated heterocycles. The molecule has 0 radical (unpaired) electrons. The van der Waals surface area contributed by atoms with Crippen LogP contribution in [0.3, 0.4) is 0 Å². The van der Waals surface area contributed by atoms with Crippen LogP contribution in [-0.2, 0) is 20.0 Å². The molecule has 4 nitrogen and oxygen atoms in total. The number of ether oxygens (including phenoxy) is 1. The molecule has 2 atom stereocenters. The Kier molecular flexibility index (Phi) is 9.73. The summed E-state index contributed by atoms with van der Waals surface area (Å²) in [5.74, 6) is -0.636. The number of aryl methyl sites for hydroxylation is 1. The Morgan fingerprint density at radius 1 is 0.850 bits per heavy atom. The second-order valence-corrected chi connectivity index (χ2v) is 16.5. The number of sulfone groups is 1. The van der Waals surface area contributed by atoms with Crippen LogP contribution in [0, 0.1) is 6.92 Å². The minimum absolute atomic E-state index is 0.0513. The van der Waals surface area contributed by atoms with Gasteiger partial charge in [0.15, 0.2) is 0 Å². The fourth-order valence-corrected chi connectivity index (χ4v) is 9.55. The van der Waals surface area contributed by atoms with Gasteiger partial charge in [-0.05, 0) is 0 Å². The van der Waals surface area contributed by atoms with Gasteiger partial charge in [-0.2, -0.15) is 0 Å². The van der Waals surface area contributed by atoms with E-state index in [0.717, 1.165) is 25.6 Å².